The van der Waals surface area contributed by atoms with Crippen LogP contribution in [-0.4, -0.2) is 48.6 Å². The number of rotatable bonds is 6. The van der Waals surface area contributed by atoms with Crippen molar-refractivity contribution in [2.75, 3.05) is 13.6 Å². The van der Waals surface area contributed by atoms with Crippen LogP contribution in [0, 0.1) is 0 Å². The molecule has 0 amide bonds. The summed E-state index contributed by atoms with van der Waals surface area (Å²) in [4.78, 5) is 10.5. The van der Waals surface area contributed by atoms with Gasteiger partial charge in [-0.25, -0.2) is 17.5 Å². The number of aliphatic hydroxyl groups is 1. The van der Waals surface area contributed by atoms with Gasteiger partial charge in [-0.1, -0.05) is 0 Å². The summed E-state index contributed by atoms with van der Waals surface area (Å²) < 4.78 is 25.3. The predicted octanol–water partition coefficient (Wildman–Crippen LogP) is 0.838. The maximum absolute atomic E-state index is 12.1. The van der Waals surface area contributed by atoms with Crippen LogP contribution in [0.1, 0.15) is 23.0 Å². The van der Waals surface area contributed by atoms with Crippen LogP contribution in [0.3, 0.4) is 0 Å². The molecule has 1 atom stereocenters. The molecule has 0 saturated heterocycles. The highest BCUT2D eigenvalue weighted by Crippen LogP contribution is 2.24. The molecule has 1 heterocycles. The molecular formula is C10H15NO5S2. The Morgan fingerprint density at radius 3 is 2.67 bits per heavy atom. The molecule has 1 aromatic rings. The van der Waals surface area contributed by atoms with E-state index >= 15 is 0 Å². The first-order chi connectivity index (χ1) is 8.26. The minimum atomic E-state index is -3.82. The third kappa shape index (κ3) is 3.29. The van der Waals surface area contributed by atoms with Crippen molar-refractivity contribution in [3.8, 4) is 0 Å². The number of aliphatic hydroxyl groups excluding tert-OH is 1. The van der Waals surface area contributed by atoms with Gasteiger partial charge in [-0.3, -0.25) is 0 Å². The summed E-state index contributed by atoms with van der Waals surface area (Å²) in [5.74, 6) is -1.26. The number of hydrogen-bond donors (Lipinski definition) is 2. The Hall–Kier alpha value is -0.960. The van der Waals surface area contributed by atoms with Crippen LogP contribution in [-0.2, 0) is 10.0 Å². The largest absolute Gasteiger partial charge is 0.477 e. The number of carboxylic acids is 1. The lowest BCUT2D eigenvalue weighted by atomic mass is 10.3. The lowest BCUT2D eigenvalue weighted by molar-refractivity contribution is 0.0698. The third-order valence-electron chi connectivity index (χ3n) is 2.37. The van der Waals surface area contributed by atoms with E-state index in [1.807, 2.05) is 0 Å². The van der Waals surface area contributed by atoms with Crippen LogP contribution in [0.2, 0.25) is 0 Å². The van der Waals surface area contributed by atoms with Gasteiger partial charge in [0.05, 0.1) is 6.10 Å². The van der Waals surface area contributed by atoms with E-state index in [0.29, 0.717) is 6.42 Å². The van der Waals surface area contributed by atoms with E-state index in [1.165, 1.54) is 18.5 Å². The van der Waals surface area contributed by atoms with Crippen LogP contribution in [0.5, 0.6) is 0 Å². The molecule has 0 aliphatic heterocycles. The molecule has 0 aliphatic rings. The highest BCUT2D eigenvalue weighted by atomic mass is 32.2. The molecule has 1 rings (SSSR count). The monoisotopic (exact) mass is 293 g/mol. The number of aromatic carboxylic acids is 1. The van der Waals surface area contributed by atoms with Crippen molar-refractivity contribution in [3.63, 3.8) is 0 Å². The van der Waals surface area contributed by atoms with E-state index in [4.69, 9.17) is 10.2 Å². The lowest BCUT2D eigenvalue weighted by Crippen LogP contribution is -2.30. The van der Waals surface area contributed by atoms with Crippen molar-refractivity contribution in [2.45, 2.75) is 24.3 Å². The average molecular weight is 293 g/mol. The molecule has 0 aliphatic carbocycles. The molecule has 6 nitrogen and oxygen atoms in total. The van der Waals surface area contributed by atoms with Crippen LogP contribution in [0.15, 0.2) is 16.3 Å². The fourth-order valence-electron chi connectivity index (χ4n) is 1.31. The molecule has 2 N–H and O–H groups in total. The van der Waals surface area contributed by atoms with E-state index < -0.39 is 22.1 Å². The number of carboxylic acid groups (broad SMARTS) is 1. The Morgan fingerprint density at radius 1 is 1.56 bits per heavy atom. The van der Waals surface area contributed by atoms with Gasteiger partial charge >= 0.3 is 5.97 Å². The van der Waals surface area contributed by atoms with Gasteiger partial charge in [-0.2, -0.15) is 0 Å². The fourth-order valence-corrected chi connectivity index (χ4v) is 3.73. The summed E-state index contributed by atoms with van der Waals surface area (Å²) in [6.45, 7) is 1.70. The fraction of sp³-hybridized carbons (Fsp3) is 0.500. The smallest absolute Gasteiger partial charge is 0.347 e. The van der Waals surface area contributed by atoms with Crippen molar-refractivity contribution >= 4 is 27.3 Å². The lowest BCUT2D eigenvalue weighted by Gasteiger charge is -2.17. The van der Waals surface area contributed by atoms with Gasteiger partial charge in [0.25, 0.3) is 0 Å². The van der Waals surface area contributed by atoms with Gasteiger partial charge in [0.1, 0.15) is 9.77 Å². The van der Waals surface area contributed by atoms with Crippen LogP contribution < -0.4 is 0 Å². The molecule has 0 radical (unpaired) electrons. The Balaban J connectivity index is 2.99. The van der Waals surface area contributed by atoms with Crippen LogP contribution >= 0.6 is 11.3 Å². The highest BCUT2D eigenvalue weighted by molar-refractivity contribution is 7.89. The summed E-state index contributed by atoms with van der Waals surface area (Å²) in [7, 11) is -2.45. The highest BCUT2D eigenvalue weighted by Gasteiger charge is 2.27. The van der Waals surface area contributed by atoms with E-state index in [-0.39, 0.29) is 16.3 Å². The van der Waals surface area contributed by atoms with Crippen molar-refractivity contribution in [2.24, 2.45) is 0 Å². The van der Waals surface area contributed by atoms with E-state index in [9.17, 15) is 13.2 Å². The number of hydrogen-bond acceptors (Lipinski definition) is 5. The van der Waals surface area contributed by atoms with Crippen molar-refractivity contribution in [1.82, 2.24) is 4.31 Å². The first-order valence-electron chi connectivity index (χ1n) is 5.22. The SMILES string of the molecule is CC(O)CCN(C)S(=O)(=O)c1ccsc1C(=O)O. The zero-order chi connectivity index (χ0) is 13.9. The topological polar surface area (TPSA) is 94.9 Å². The van der Waals surface area contributed by atoms with Crippen molar-refractivity contribution < 1.29 is 23.4 Å². The van der Waals surface area contributed by atoms with Crippen molar-refractivity contribution in [3.05, 3.63) is 16.3 Å². The predicted molar refractivity (Wildman–Crippen MR) is 67.4 cm³/mol. The molecule has 102 valence electrons. The second-order valence-corrected chi connectivity index (χ2v) is 6.81. The molecule has 0 saturated carbocycles. The summed E-state index contributed by atoms with van der Waals surface area (Å²) in [5, 5.41) is 19.5. The number of thiophene rings is 1. The number of carbonyl (C=O) groups is 1. The van der Waals surface area contributed by atoms with E-state index in [0.717, 1.165) is 15.6 Å². The average Bonchev–Trinajstić information content (AvgIpc) is 2.74. The van der Waals surface area contributed by atoms with Gasteiger partial charge in [0.2, 0.25) is 10.0 Å². The molecule has 1 unspecified atom stereocenters. The van der Waals surface area contributed by atoms with Crippen LogP contribution in [0.25, 0.3) is 0 Å². The maximum atomic E-state index is 12.1. The Kier molecular flexibility index (Phi) is 4.85. The van der Waals surface area contributed by atoms with E-state index in [2.05, 4.69) is 0 Å². The zero-order valence-corrected chi connectivity index (χ0v) is 11.7. The Morgan fingerprint density at radius 2 is 2.17 bits per heavy atom. The first kappa shape index (κ1) is 15.1. The summed E-state index contributed by atoms with van der Waals surface area (Å²) in [6.07, 6.45) is -0.313. The Bertz CT molecular complexity index is 520. The van der Waals surface area contributed by atoms with Gasteiger partial charge in [-0.05, 0) is 24.8 Å². The first-order valence-corrected chi connectivity index (χ1v) is 7.54. The van der Waals surface area contributed by atoms with E-state index in [1.54, 1.807) is 6.92 Å². The standard InChI is InChI=1S/C10H15NO5S2/c1-7(12)3-5-11(2)18(15,16)8-4-6-17-9(8)10(13)14/h4,6-7,12H,3,5H2,1-2H3,(H,13,14). The van der Waals surface area contributed by atoms with Gasteiger partial charge in [0, 0.05) is 13.6 Å². The third-order valence-corrected chi connectivity index (χ3v) is 5.30. The van der Waals surface area contributed by atoms with Crippen LogP contribution in [0.4, 0.5) is 0 Å². The normalized spacial score (nSPS) is 13.8. The summed E-state index contributed by atoms with van der Waals surface area (Å²) in [5.41, 5.74) is 0. The van der Waals surface area contributed by atoms with Gasteiger partial charge < -0.3 is 10.2 Å². The summed E-state index contributed by atoms with van der Waals surface area (Å²) >= 11 is 0.872. The maximum Gasteiger partial charge on any atom is 0.347 e. The number of sulfonamides is 1. The molecule has 8 heteroatoms. The molecule has 18 heavy (non-hydrogen) atoms. The minimum Gasteiger partial charge on any atom is -0.477 e. The Labute approximate surface area is 110 Å². The van der Waals surface area contributed by atoms with Gasteiger partial charge in [-0.15, -0.1) is 11.3 Å². The molecule has 0 fully saturated rings. The molecule has 0 aromatic carbocycles. The molecule has 1 aromatic heterocycles. The summed E-state index contributed by atoms with van der Waals surface area (Å²) in [6, 6.07) is 1.28. The molecular weight excluding hydrogens is 278 g/mol. The second-order valence-electron chi connectivity index (χ2n) is 3.88. The second kappa shape index (κ2) is 5.79. The quantitative estimate of drug-likeness (QED) is 0.810. The molecule has 0 spiro atoms. The number of nitrogens with zero attached hydrogens (tertiary/aromatic N) is 1. The zero-order valence-electron chi connectivity index (χ0n) is 10.0. The molecule has 0 bridgehead atoms. The van der Waals surface area contributed by atoms with Gasteiger partial charge in [0.15, 0.2) is 0 Å². The minimum absolute atomic E-state index is 0.134. The van der Waals surface area contributed by atoms with Crippen molar-refractivity contribution in [1.29, 1.82) is 0 Å².